The van der Waals surface area contributed by atoms with Crippen molar-refractivity contribution in [2.45, 2.75) is 298 Å². The highest BCUT2D eigenvalue weighted by Crippen LogP contribution is 2.68. The van der Waals surface area contributed by atoms with E-state index in [0.29, 0.717) is 59.0 Å². The smallest absolute Gasteiger partial charge is 0.263 e. The second-order valence-electron chi connectivity index (χ2n) is 30.6. The molecule has 12 rings (SSSR count). The largest absolute Gasteiger partial charge is 0.274 e. The number of carbonyl (C=O) groups is 4. The van der Waals surface area contributed by atoms with Crippen LogP contribution >= 0.6 is 68.0 Å². The molecular weight excluding hydrogens is 1290 g/mol. The lowest BCUT2D eigenvalue weighted by Gasteiger charge is -2.48. The maximum atomic E-state index is 15.8. The minimum atomic E-state index is -2.31. The zero-order chi connectivity index (χ0) is 66.4. The molecule has 4 amide bonds. The number of rotatable bonds is 28. The van der Waals surface area contributed by atoms with E-state index in [0.717, 1.165) is 88.6 Å². The Bertz CT molecular complexity index is 3720. The molecule has 8 bridgehead atoms. The van der Waals surface area contributed by atoms with E-state index < -0.39 is 8.07 Å². The summed E-state index contributed by atoms with van der Waals surface area (Å²) in [5.41, 5.74) is 5.14. The molecule has 0 fully saturated rings. The van der Waals surface area contributed by atoms with Crippen molar-refractivity contribution in [3.05, 3.63) is 77.2 Å². The highest BCUT2D eigenvalue weighted by Gasteiger charge is 2.57. The van der Waals surface area contributed by atoms with Gasteiger partial charge in [-0.05, 0) is 127 Å². The summed E-state index contributed by atoms with van der Waals surface area (Å²) in [7, 11) is -2.31. The van der Waals surface area contributed by atoms with Gasteiger partial charge < -0.3 is 0 Å². The third kappa shape index (κ3) is 12.5. The second-order valence-corrected chi connectivity index (χ2v) is 41.4. The molecular formula is C81H112N2O4S6Si. The third-order valence-corrected chi connectivity index (χ3v) is 38.5. The quantitative estimate of drug-likeness (QED) is 0.0279. The Labute approximate surface area is 591 Å². The molecule has 4 aliphatic heterocycles. The van der Waals surface area contributed by atoms with Gasteiger partial charge in [0.15, 0.2) is 0 Å². The van der Waals surface area contributed by atoms with Crippen molar-refractivity contribution in [1.82, 2.24) is 9.80 Å². The molecule has 6 nitrogen and oxygen atoms in total. The maximum Gasteiger partial charge on any atom is 0.263 e. The minimum Gasteiger partial charge on any atom is -0.274 e. The molecule has 6 aliphatic rings. The average molecular weight is 1400 g/mol. The van der Waals surface area contributed by atoms with Crippen LogP contribution in [0.15, 0.2) is 24.3 Å². The molecule has 510 valence electrons. The van der Waals surface area contributed by atoms with Crippen LogP contribution < -0.4 is 10.4 Å². The number of fused-ring (bicyclic) bond motifs is 18. The Morgan fingerprint density at radius 2 is 1.06 bits per heavy atom. The maximum absolute atomic E-state index is 15.8. The Balaban J connectivity index is 1.02. The first-order chi connectivity index (χ1) is 45.5. The Kier molecular flexibility index (Phi) is 22.4. The van der Waals surface area contributed by atoms with Crippen LogP contribution in [0.2, 0.25) is 12.1 Å². The minimum absolute atomic E-state index is 0.0524. The number of unbranched alkanes of at least 4 members (excludes halogenated alkanes) is 12. The summed E-state index contributed by atoms with van der Waals surface area (Å²) in [6.45, 7) is 29.7. The van der Waals surface area contributed by atoms with Gasteiger partial charge in [0.05, 0.1) is 32.0 Å². The van der Waals surface area contributed by atoms with Crippen molar-refractivity contribution >= 4 is 110 Å². The van der Waals surface area contributed by atoms with Crippen LogP contribution in [0.3, 0.4) is 0 Å². The molecule has 13 heteroatoms. The van der Waals surface area contributed by atoms with E-state index in [9.17, 15) is 9.59 Å². The fourth-order valence-corrected chi connectivity index (χ4v) is 35.1. The lowest BCUT2D eigenvalue weighted by Crippen LogP contribution is -2.56. The van der Waals surface area contributed by atoms with E-state index in [-0.39, 0.29) is 46.3 Å². The number of hydrogen-bond donors (Lipinski definition) is 0. The summed E-state index contributed by atoms with van der Waals surface area (Å²) < 4.78 is 0. The number of imide groups is 2. The lowest BCUT2D eigenvalue weighted by atomic mass is 9.56. The zero-order valence-corrected chi connectivity index (χ0v) is 65.5. The van der Waals surface area contributed by atoms with Crippen molar-refractivity contribution in [1.29, 1.82) is 0 Å². The van der Waals surface area contributed by atoms with Crippen molar-refractivity contribution in [2.75, 3.05) is 13.1 Å². The molecule has 0 radical (unpaired) electrons. The third-order valence-electron chi connectivity index (χ3n) is 24.9. The predicted octanol–water partition coefficient (Wildman–Crippen LogP) is 24.7. The highest BCUT2D eigenvalue weighted by atomic mass is 32.1. The van der Waals surface area contributed by atoms with Crippen LogP contribution in [0, 0.1) is 43.4 Å². The monoisotopic (exact) mass is 1400 g/mol. The fourth-order valence-electron chi connectivity index (χ4n) is 18.9. The molecule has 94 heavy (non-hydrogen) atoms. The van der Waals surface area contributed by atoms with Crippen LogP contribution in [-0.4, -0.2) is 54.6 Å². The second kappa shape index (κ2) is 29.9. The normalized spacial score (nSPS) is 24.6. The van der Waals surface area contributed by atoms with Gasteiger partial charge in [-0.15, -0.1) is 68.0 Å². The summed E-state index contributed by atoms with van der Waals surface area (Å²) >= 11 is 11.4. The van der Waals surface area contributed by atoms with Gasteiger partial charge in [0, 0.05) is 78.6 Å². The molecule has 0 N–H and O–H groups in total. The van der Waals surface area contributed by atoms with Crippen LogP contribution in [0.1, 0.15) is 333 Å². The summed E-state index contributed by atoms with van der Waals surface area (Å²) in [6.07, 6.45) is 34.0. The van der Waals surface area contributed by atoms with E-state index in [1.165, 1.54) is 179 Å². The molecule has 10 heterocycles. The summed E-state index contributed by atoms with van der Waals surface area (Å²) in [4.78, 5) is 79.1. The van der Waals surface area contributed by atoms with Gasteiger partial charge in [0.1, 0.15) is 8.07 Å². The Morgan fingerprint density at radius 3 is 1.71 bits per heavy atom. The number of hydrogen-bond acceptors (Lipinski definition) is 10. The molecule has 0 spiro atoms. The standard InChI is InChI=1S/C81H112N2O4S6Si/c1-13-20-24-26-30-34-40-82-76(84)65-53(11)89-72(66(65)77(82)85)60-43-58-70(90-60)71-59-44-64(92-71)80(12)51(9)57(47-81(58,59)46-54(17-5)36-22-15-3)39-33-29-28-32-38-56(19-7)49-94(48-55(18-6)37-23-16-4)62-42-50(8)88-74(62)75-63(94)45-61(91-75)73-68-67(69(93-73)52(80)10)78(86)83(79(68)87)41-35-31-27-25-21-14-2/h42-45,51-52,54-57H,13-41,46-49H2,1-12H3. The van der Waals surface area contributed by atoms with E-state index in [4.69, 9.17) is 0 Å². The predicted molar refractivity (Wildman–Crippen MR) is 410 cm³/mol. The van der Waals surface area contributed by atoms with Gasteiger partial charge in [-0.2, -0.15) is 0 Å². The first kappa shape index (κ1) is 70.6. The molecule has 0 saturated carbocycles. The molecule has 0 aromatic carbocycles. The number of nitrogens with zero attached hydrogens (tertiary/aromatic N) is 2. The van der Waals surface area contributed by atoms with E-state index >= 15 is 9.59 Å². The van der Waals surface area contributed by atoms with Gasteiger partial charge in [-0.1, -0.05) is 230 Å². The van der Waals surface area contributed by atoms with Crippen LogP contribution in [0.25, 0.3) is 39.0 Å². The number of aryl methyl sites for hydroxylation is 2. The molecule has 2 aliphatic carbocycles. The molecule has 6 aromatic rings. The van der Waals surface area contributed by atoms with Crippen LogP contribution in [-0.2, 0) is 10.8 Å². The first-order valence-electron chi connectivity index (χ1n) is 38.1. The highest BCUT2D eigenvalue weighted by molar-refractivity contribution is 7.32. The van der Waals surface area contributed by atoms with Crippen molar-refractivity contribution in [3.63, 3.8) is 0 Å². The number of amides is 4. The van der Waals surface area contributed by atoms with Crippen molar-refractivity contribution in [3.8, 4) is 39.0 Å². The van der Waals surface area contributed by atoms with Gasteiger partial charge in [-0.25, -0.2) is 0 Å². The summed E-state index contributed by atoms with van der Waals surface area (Å²) in [6, 6.07) is 13.2. The van der Waals surface area contributed by atoms with Gasteiger partial charge in [-0.3, -0.25) is 29.0 Å². The van der Waals surface area contributed by atoms with Gasteiger partial charge in [0.25, 0.3) is 23.6 Å². The SMILES string of the molecule is CCCCCCCCN1C(=O)c2c(C)sc(-c3cc4c(s3)-c3sc5cc3C4(CC(CC)CCCC)CC3CCCCCCC(CC)C[Si]4(CC(CC)CCCC)c6cc(C)sc6-c6sc(cc64)-c4sc(c6c4C(=O)N(CCCCCCCC)C6=O)C(C)C5(C)C3C)c2C1=O. The lowest BCUT2D eigenvalue weighted by molar-refractivity contribution is 0.0635. The molecule has 9 atom stereocenters. The summed E-state index contributed by atoms with van der Waals surface area (Å²) in [5, 5.41) is 3.37. The first-order valence-corrected chi connectivity index (χ1v) is 45.4. The zero-order valence-electron chi connectivity index (χ0n) is 59.6. The molecule has 6 aromatic heterocycles. The number of thiophene rings is 6. The average Bonchev–Trinajstić information content (AvgIpc) is 1.53. The molecule has 0 saturated heterocycles. The summed E-state index contributed by atoms with van der Waals surface area (Å²) in [5.74, 6) is 2.19. The molecule has 9 unspecified atom stereocenters. The topological polar surface area (TPSA) is 74.8 Å². The van der Waals surface area contributed by atoms with Gasteiger partial charge >= 0.3 is 0 Å². The number of carbonyl (C=O) groups excluding carboxylic acids is 4. The Hall–Kier alpha value is -3.30. The van der Waals surface area contributed by atoms with Crippen molar-refractivity contribution in [2.24, 2.45) is 29.6 Å². The van der Waals surface area contributed by atoms with E-state index in [1.54, 1.807) is 31.5 Å². The van der Waals surface area contributed by atoms with Crippen molar-refractivity contribution < 1.29 is 19.2 Å². The van der Waals surface area contributed by atoms with Crippen LogP contribution in [0.5, 0.6) is 0 Å². The van der Waals surface area contributed by atoms with Gasteiger partial charge in [0.2, 0.25) is 0 Å². The fraction of sp³-hybridized carbons (Fsp3) is 0.654. The Morgan fingerprint density at radius 1 is 0.532 bits per heavy atom. The van der Waals surface area contributed by atoms with E-state index in [2.05, 4.69) is 107 Å². The van der Waals surface area contributed by atoms with Crippen LogP contribution in [0.4, 0.5) is 0 Å². The van der Waals surface area contributed by atoms with E-state index in [1.807, 2.05) is 56.7 Å².